The summed E-state index contributed by atoms with van der Waals surface area (Å²) in [6.07, 6.45) is 2.25. The van der Waals surface area contributed by atoms with Crippen molar-refractivity contribution in [2.75, 3.05) is 39.3 Å². The minimum absolute atomic E-state index is 0. The Morgan fingerprint density at radius 3 is 2.42 bits per heavy atom. The molecule has 4 nitrogen and oxygen atoms in total. The van der Waals surface area contributed by atoms with Gasteiger partial charge in [-0.25, -0.2) is 0 Å². The normalized spacial score (nSPS) is 33.9. The molecule has 5 heteroatoms. The molecule has 2 aliphatic heterocycles. The predicted molar refractivity (Wildman–Crippen MR) is 78.6 cm³/mol. The van der Waals surface area contributed by atoms with Crippen LogP contribution in [0.5, 0.6) is 0 Å². The van der Waals surface area contributed by atoms with Crippen molar-refractivity contribution >= 4 is 18.3 Å². The first-order valence-electron chi connectivity index (χ1n) is 7.31. The molecular weight excluding hydrogens is 262 g/mol. The Kier molecular flexibility index (Phi) is 4.43. The summed E-state index contributed by atoms with van der Waals surface area (Å²) in [5.41, 5.74) is 0.268. The molecule has 0 bridgehead atoms. The van der Waals surface area contributed by atoms with Crippen molar-refractivity contribution < 1.29 is 4.79 Å². The number of hydrogen-bond donors (Lipinski definition) is 1. The van der Waals surface area contributed by atoms with Crippen molar-refractivity contribution in [2.24, 2.45) is 11.3 Å². The van der Waals surface area contributed by atoms with Crippen LogP contribution in [-0.4, -0.2) is 61.0 Å². The first-order chi connectivity index (χ1) is 8.58. The van der Waals surface area contributed by atoms with E-state index in [0.29, 0.717) is 17.9 Å². The molecule has 3 fully saturated rings. The molecule has 2 atom stereocenters. The van der Waals surface area contributed by atoms with Crippen LogP contribution in [-0.2, 0) is 4.79 Å². The van der Waals surface area contributed by atoms with Crippen LogP contribution < -0.4 is 5.32 Å². The summed E-state index contributed by atoms with van der Waals surface area (Å²) in [7, 11) is 0. The lowest BCUT2D eigenvalue weighted by Crippen LogP contribution is -2.49. The molecule has 19 heavy (non-hydrogen) atoms. The molecule has 0 aromatic rings. The van der Waals surface area contributed by atoms with Crippen LogP contribution in [0, 0.1) is 11.3 Å². The Morgan fingerprint density at radius 1 is 1.21 bits per heavy atom. The van der Waals surface area contributed by atoms with Gasteiger partial charge >= 0.3 is 0 Å². The van der Waals surface area contributed by atoms with Crippen LogP contribution in [0.2, 0.25) is 0 Å². The van der Waals surface area contributed by atoms with Crippen LogP contribution in [0.25, 0.3) is 0 Å². The predicted octanol–water partition coefficient (Wildman–Crippen LogP) is 0.960. The lowest BCUT2D eigenvalue weighted by Gasteiger charge is -2.32. The average molecular weight is 288 g/mol. The molecular formula is C14H26ClN3O. The van der Waals surface area contributed by atoms with Crippen molar-refractivity contribution in [3.05, 3.63) is 0 Å². The first kappa shape index (κ1) is 15.1. The van der Waals surface area contributed by atoms with E-state index in [2.05, 4.69) is 29.0 Å². The zero-order valence-electron chi connectivity index (χ0n) is 12.0. The number of nitrogens with zero attached hydrogens (tertiary/aromatic N) is 2. The molecule has 2 saturated heterocycles. The molecule has 0 aromatic carbocycles. The lowest BCUT2D eigenvalue weighted by atomic mass is 10.1. The molecule has 1 saturated carbocycles. The first-order valence-corrected chi connectivity index (χ1v) is 7.31. The van der Waals surface area contributed by atoms with Gasteiger partial charge in [0.15, 0.2) is 0 Å². The fraction of sp³-hybridized carbons (Fsp3) is 0.929. The highest BCUT2D eigenvalue weighted by Gasteiger charge is 2.52. The van der Waals surface area contributed by atoms with Crippen molar-refractivity contribution in [2.45, 2.75) is 32.7 Å². The van der Waals surface area contributed by atoms with E-state index in [0.717, 1.165) is 45.7 Å². The quantitative estimate of drug-likeness (QED) is 0.822. The van der Waals surface area contributed by atoms with E-state index in [4.69, 9.17) is 0 Å². The highest BCUT2D eigenvalue weighted by molar-refractivity contribution is 5.85. The third kappa shape index (κ3) is 3.06. The summed E-state index contributed by atoms with van der Waals surface area (Å²) in [6.45, 7) is 10.8. The second-order valence-corrected chi connectivity index (χ2v) is 6.76. The number of rotatable bonds is 2. The van der Waals surface area contributed by atoms with E-state index in [1.807, 2.05) is 0 Å². The topological polar surface area (TPSA) is 35.6 Å². The van der Waals surface area contributed by atoms with Gasteiger partial charge in [-0.1, -0.05) is 13.8 Å². The summed E-state index contributed by atoms with van der Waals surface area (Å²) in [5, 5.41) is 3.39. The lowest BCUT2D eigenvalue weighted by molar-refractivity contribution is -0.132. The van der Waals surface area contributed by atoms with Crippen molar-refractivity contribution in [1.82, 2.24) is 15.1 Å². The Bertz CT molecular complexity index is 342. The SMILES string of the molecule is CC1(C)C[C@@H]1C(=O)N1CCC(N2CCNCC2)C1.Cl. The number of piperazine rings is 1. The monoisotopic (exact) mass is 287 g/mol. The van der Waals surface area contributed by atoms with Crippen molar-refractivity contribution in [3.8, 4) is 0 Å². The van der Waals surface area contributed by atoms with E-state index >= 15 is 0 Å². The summed E-state index contributed by atoms with van der Waals surface area (Å²) in [4.78, 5) is 17.0. The standard InChI is InChI=1S/C14H25N3O.ClH/c1-14(2)9-12(14)13(18)17-6-3-11(10-17)16-7-4-15-5-8-16;/h11-12,15H,3-10H2,1-2H3;1H/t11?,12-;/m1./s1. The van der Waals surface area contributed by atoms with E-state index in [-0.39, 0.29) is 17.8 Å². The highest BCUT2D eigenvalue weighted by Crippen LogP contribution is 2.52. The number of halogens is 1. The highest BCUT2D eigenvalue weighted by atomic mass is 35.5. The van der Waals surface area contributed by atoms with Gasteiger partial charge in [0.25, 0.3) is 0 Å². The summed E-state index contributed by atoms with van der Waals surface area (Å²) >= 11 is 0. The zero-order chi connectivity index (χ0) is 12.8. The van der Waals surface area contributed by atoms with Crippen LogP contribution in [0.1, 0.15) is 26.7 Å². The molecule has 0 radical (unpaired) electrons. The molecule has 3 rings (SSSR count). The fourth-order valence-electron chi connectivity index (χ4n) is 3.40. The van der Waals surface area contributed by atoms with Gasteiger partial charge in [-0.3, -0.25) is 9.69 Å². The van der Waals surface area contributed by atoms with Gasteiger partial charge in [-0.2, -0.15) is 0 Å². The maximum atomic E-state index is 12.3. The summed E-state index contributed by atoms with van der Waals surface area (Å²) in [6, 6.07) is 0.609. The second kappa shape index (κ2) is 5.58. The number of carbonyl (C=O) groups is 1. The Hall–Kier alpha value is -0.320. The number of hydrogen-bond acceptors (Lipinski definition) is 3. The van der Waals surface area contributed by atoms with Gasteiger partial charge in [0.1, 0.15) is 0 Å². The molecule has 3 aliphatic rings. The molecule has 110 valence electrons. The third-order valence-electron chi connectivity index (χ3n) is 4.95. The van der Waals surface area contributed by atoms with Crippen LogP contribution in [0.4, 0.5) is 0 Å². The van der Waals surface area contributed by atoms with E-state index in [1.165, 1.54) is 6.42 Å². The summed E-state index contributed by atoms with van der Waals surface area (Å²) in [5.74, 6) is 0.719. The number of amides is 1. The molecule has 0 aromatic heterocycles. The van der Waals surface area contributed by atoms with Gasteiger partial charge in [0.05, 0.1) is 0 Å². The van der Waals surface area contributed by atoms with E-state index in [9.17, 15) is 4.79 Å². The van der Waals surface area contributed by atoms with E-state index in [1.54, 1.807) is 0 Å². The number of nitrogens with one attached hydrogen (secondary N) is 1. The minimum atomic E-state index is 0. The summed E-state index contributed by atoms with van der Waals surface area (Å²) < 4.78 is 0. The Balaban J connectivity index is 0.00000133. The van der Waals surface area contributed by atoms with Crippen molar-refractivity contribution in [3.63, 3.8) is 0 Å². The molecule has 1 aliphatic carbocycles. The molecule has 1 unspecified atom stereocenters. The van der Waals surface area contributed by atoms with Gasteiger partial charge in [-0.15, -0.1) is 12.4 Å². The van der Waals surface area contributed by atoms with E-state index < -0.39 is 0 Å². The van der Waals surface area contributed by atoms with Crippen LogP contribution in [0.15, 0.2) is 0 Å². The van der Waals surface area contributed by atoms with Crippen molar-refractivity contribution in [1.29, 1.82) is 0 Å². The molecule has 2 heterocycles. The van der Waals surface area contributed by atoms with Gasteiger partial charge in [0.2, 0.25) is 5.91 Å². The Morgan fingerprint density at radius 2 is 1.84 bits per heavy atom. The number of likely N-dealkylation sites (tertiary alicyclic amines) is 1. The molecule has 1 N–H and O–H groups in total. The van der Waals surface area contributed by atoms with Gasteiger partial charge < -0.3 is 10.2 Å². The molecule has 1 amide bonds. The smallest absolute Gasteiger partial charge is 0.226 e. The maximum absolute atomic E-state index is 12.3. The largest absolute Gasteiger partial charge is 0.341 e. The zero-order valence-corrected chi connectivity index (χ0v) is 12.8. The average Bonchev–Trinajstić information content (AvgIpc) is 2.81. The van der Waals surface area contributed by atoms with Gasteiger partial charge in [-0.05, 0) is 18.3 Å². The molecule has 0 spiro atoms. The fourth-order valence-corrected chi connectivity index (χ4v) is 3.40. The third-order valence-corrected chi connectivity index (χ3v) is 4.95. The second-order valence-electron chi connectivity index (χ2n) is 6.76. The number of carbonyl (C=O) groups excluding carboxylic acids is 1. The maximum Gasteiger partial charge on any atom is 0.226 e. The Labute approximate surface area is 122 Å². The minimum Gasteiger partial charge on any atom is -0.341 e. The van der Waals surface area contributed by atoms with Gasteiger partial charge in [0, 0.05) is 51.2 Å². The van der Waals surface area contributed by atoms with Crippen LogP contribution >= 0.6 is 12.4 Å². The van der Waals surface area contributed by atoms with Crippen LogP contribution in [0.3, 0.4) is 0 Å².